The van der Waals surface area contributed by atoms with Gasteiger partial charge in [0, 0.05) is 38.0 Å². The van der Waals surface area contributed by atoms with E-state index in [0.717, 1.165) is 11.1 Å². The number of hydrogen-bond acceptors (Lipinski definition) is 4. The van der Waals surface area contributed by atoms with Crippen LogP contribution < -0.4 is 16.0 Å². The number of hydrogen-bond donors (Lipinski definition) is 3. The maximum atomic E-state index is 11.8. The van der Waals surface area contributed by atoms with Gasteiger partial charge in [0.1, 0.15) is 0 Å². The van der Waals surface area contributed by atoms with Crippen LogP contribution in [0.5, 0.6) is 0 Å². The number of benzene rings is 2. The number of sulfone groups is 1. The molecule has 2 rings (SSSR count). The Morgan fingerprint density at radius 2 is 1.74 bits per heavy atom. The molecule has 172 valence electrons. The number of nitrogens with one attached hydrogen (secondary N) is 3. The molecule has 0 saturated heterocycles. The van der Waals surface area contributed by atoms with Gasteiger partial charge in [-0.15, -0.1) is 24.0 Å². The van der Waals surface area contributed by atoms with Crippen LogP contribution >= 0.6 is 24.0 Å². The van der Waals surface area contributed by atoms with Gasteiger partial charge in [-0.25, -0.2) is 8.42 Å². The molecular formula is C23H35IN4O2S. The van der Waals surface area contributed by atoms with Gasteiger partial charge in [0.2, 0.25) is 0 Å². The maximum Gasteiger partial charge on any atom is 0.191 e. The van der Waals surface area contributed by atoms with Gasteiger partial charge in [-0.2, -0.15) is 0 Å². The van der Waals surface area contributed by atoms with Crippen LogP contribution in [0, 0.1) is 6.92 Å². The number of guanidine groups is 1. The van der Waals surface area contributed by atoms with Gasteiger partial charge in [0.05, 0.1) is 4.90 Å². The molecule has 0 amide bonds. The van der Waals surface area contributed by atoms with E-state index in [0.29, 0.717) is 23.9 Å². The van der Waals surface area contributed by atoms with Crippen molar-refractivity contribution in [2.24, 2.45) is 4.99 Å². The van der Waals surface area contributed by atoms with Crippen LogP contribution in [0.1, 0.15) is 43.5 Å². The van der Waals surface area contributed by atoms with Crippen LogP contribution in [0.4, 0.5) is 0 Å². The summed E-state index contributed by atoms with van der Waals surface area (Å²) in [5, 5.41) is 10.3. The fourth-order valence-corrected chi connectivity index (χ4v) is 4.37. The van der Waals surface area contributed by atoms with Gasteiger partial charge < -0.3 is 16.0 Å². The van der Waals surface area contributed by atoms with E-state index < -0.39 is 9.84 Å². The first kappa shape index (κ1) is 27.4. The minimum absolute atomic E-state index is 0. The summed E-state index contributed by atoms with van der Waals surface area (Å²) in [6.45, 7) is 9.52. The topological polar surface area (TPSA) is 82.6 Å². The minimum Gasteiger partial charge on any atom is -0.355 e. The van der Waals surface area contributed by atoms with Crippen molar-refractivity contribution in [1.82, 2.24) is 16.0 Å². The van der Waals surface area contributed by atoms with Gasteiger partial charge in [0.25, 0.3) is 0 Å². The van der Waals surface area contributed by atoms with Crippen molar-refractivity contribution >= 4 is 39.8 Å². The highest BCUT2D eigenvalue weighted by Gasteiger charge is 2.21. The third-order valence-corrected chi connectivity index (χ3v) is 6.18. The zero-order valence-electron chi connectivity index (χ0n) is 19.2. The smallest absolute Gasteiger partial charge is 0.191 e. The molecule has 0 aliphatic rings. The molecule has 8 heteroatoms. The molecule has 0 bridgehead atoms. The molecule has 2 aromatic rings. The Balaban J connectivity index is 0.00000480. The summed E-state index contributed by atoms with van der Waals surface area (Å²) < 4.78 is 23.5. The van der Waals surface area contributed by atoms with Crippen molar-refractivity contribution < 1.29 is 8.42 Å². The molecule has 2 aromatic carbocycles. The van der Waals surface area contributed by atoms with Gasteiger partial charge in [-0.05, 0) is 50.5 Å². The number of halogens is 1. The van der Waals surface area contributed by atoms with E-state index in [-0.39, 0.29) is 35.6 Å². The first-order valence-electron chi connectivity index (χ1n) is 10.1. The van der Waals surface area contributed by atoms with Crippen LogP contribution in [0.25, 0.3) is 0 Å². The molecule has 31 heavy (non-hydrogen) atoms. The maximum absolute atomic E-state index is 11.8. The molecule has 1 unspecified atom stereocenters. The lowest BCUT2D eigenvalue weighted by molar-refractivity contribution is 0.345. The molecule has 0 saturated carbocycles. The molecule has 0 aromatic heterocycles. The molecule has 0 fully saturated rings. The SMILES string of the molecule is CN=C(NCc1ccc(S(C)(=O)=O)c(C)c1)NCC(C)(C)NC(C)c1ccccc1.I. The molecule has 0 heterocycles. The predicted molar refractivity (Wildman–Crippen MR) is 140 cm³/mol. The summed E-state index contributed by atoms with van der Waals surface area (Å²) >= 11 is 0. The highest BCUT2D eigenvalue weighted by molar-refractivity contribution is 14.0. The normalized spacial score (nSPS) is 13.3. The summed E-state index contributed by atoms with van der Waals surface area (Å²) in [7, 11) is -1.47. The number of rotatable bonds is 8. The molecule has 0 spiro atoms. The summed E-state index contributed by atoms with van der Waals surface area (Å²) in [4.78, 5) is 4.66. The molecular weight excluding hydrogens is 523 g/mol. The van der Waals surface area contributed by atoms with Crippen molar-refractivity contribution in [1.29, 1.82) is 0 Å². The fourth-order valence-electron chi connectivity index (χ4n) is 3.41. The standard InChI is InChI=1S/C23H34N4O2S.HI/c1-17-14-19(12-13-21(17)30(6,28)29)15-25-22(24-5)26-16-23(3,4)27-18(2)20-10-8-7-9-11-20;/h7-14,18,27H,15-16H2,1-6H3,(H2,24,25,26);1H. The highest BCUT2D eigenvalue weighted by Crippen LogP contribution is 2.17. The second-order valence-corrected chi connectivity index (χ2v) is 10.3. The Kier molecular flexibility index (Phi) is 10.4. The molecule has 1 atom stereocenters. The Hall–Kier alpha value is -1.65. The predicted octanol–water partition coefficient (Wildman–Crippen LogP) is 3.81. The van der Waals surface area contributed by atoms with E-state index in [2.05, 4.69) is 66.0 Å². The molecule has 3 N–H and O–H groups in total. The van der Waals surface area contributed by atoms with E-state index in [4.69, 9.17) is 0 Å². The van der Waals surface area contributed by atoms with Gasteiger partial charge in [0.15, 0.2) is 15.8 Å². The van der Waals surface area contributed by atoms with E-state index in [1.54, 1.807) is 13.1 Å². The monoisotopic (exact) mass is 558 g/mol. The fraction of sp³-hybridized carbons (Fsp3) is 0.435. The first-order valence-corrected chi connectivity index (χ1v) is 12.0. The number of nitrogens with zero attached hydrogens (tertiary/aromatic N) is 1. The zero-order valence-corrected chi connectivity index (χ0v) is 22.3. The van der Waals surface area contributed by atoms with Crippen LogP contribution in [0.2, 0.25) is 0 Å². The van der Waals surface area contributed by atoms with Crippen LogP contribution in [0.15, 0.2) is 58.4 Å². The lowest BCUT2D eigenvalue weighted by Gasteiger charge is -2.31. The Morgan fingerprint density at radius 1 is 1.10 bits per heavy atom. The van der Waals surface area contributed by atoms with Crippen LogP contribution in [-0.2, 0) is 16.4 Å². The average molecular weight is 559 g/mol. The summed E-state index contributed by atoms with van der Waals surface area (Å²) in [6, 6.07) is 16.0. The third kappa shape index (κ3) is 8.78. The van der Waals surface area contributed by atoms with Crippen LogP contribution in [0.3, 0.4) is 0 Å². The van der Waals surface area contributed by atoms with Crippen molar-refractivity contribution in [3.63, 3.8) is 0 Å². The number of aliphatic imine (C=N–C) groups is 1. The first-order chi connectivity index (χ1) is 14.0. The summed E-state index contributed by atoms with van der Waals surface area (Å²) in [5.41, 5.74) is 2.85. The molecule has 0 aliphatic heterocycles. The van der Waals surface area contributed by atoms with E-state index in [1.807, 2.05) is 25.1 Å². The third-order valence-electron chi connectivity index (χ3n) is 4.93. The summed E-state index contributed by atoms with van der Waals surface area (Å²) in [6.07, 6.45) is 1.23. The Bertz CT molecular complexity index is 976. The van der Waals surface area contributed by atoms with Crippen molar-refractivity contribution in [2.45, 2.75) is 50.7 Å². The molecule has 0 aliphatic carbocycles. The second kappa shape index (κ2) is 11.8. The van der Waals surface area contributed by atoms with E-state index in [1.165, 1.54) is 11.8 Å². The highest BCUT2D eigenvalue weighted by atomic mass is 127. The van der Waals surface area contributed by atoms with Crippen molar-refractivity contribution in [2.75, 3.05) is 19.8 Å². The van der Waals surface area contributed by atoms with Gasteiger partial charge in [-0.1, -0.05) is 42.5 Å². The van der Waals surface area contributed by atoms with E-state index in [9.17, 15) is 8.42 Å². The van der Waals surface area contributed by atoms with Gasteiger partial charge in [-0.3, -0.25) is 4.99 Å². The van der Waals surface area contributed by atoms with E-state index >= 15 is 0 Å². The Labute approximate surface area is 204 Å². The minimum atomic E-state index is -3.20. The van der Waals surface area contributed by atoms with Crippen molar-refractivity contribution in [3.05, 3.63) is 65.2 Å². The van der Waals surface area contributed by atoms with Crippen LogP contribution in [-0.4, -0.2) is 39.8 Å². The Morgan fingerprint density at radius 3 is 2.29 bits per heavy atom. The largest absolute Gasteiger partial charge is 0.355 e. The average Bonchev–Trinajstić information content (AvgIpc) is 2.67. The lowest BCUT2D eigenvalue weighted by Crippen LogP contribution is -2.52. The van der Waals surface area contributed by atoms with Crippen molar-refractivity contribution in [3.8, 4) is 0 Å². The lowest BCUT2D eigenvalue weighted by atomic mass is 10.0. The van der Waals surface area contributed by atoms with Gasteiger partial charge >= 0.3 is 0 Å². The quantitative estimate of drug-likeness (QED) is 0.261. The molecule has 0 radical (unpaired) electrons. The zero-order chi connectivity index (χ0) is 22.4. The number of aryl methyl sites for hydroxylation is 1. The second-order valence-electron chi connectivity index (χ2n) is 8.31. The summed E-state index contributed by atoms with van der Waals surface area (Å²) in [5.74, 6) is 0.696. The molecule has 6 nitrogen and oxygen atoms in total.